The highest BCUT2D eigenvalue weighted by molar-refractivity contribution is 5.63. The molecule has 0 bridgehead atoms. The number of rotatable bonds is 6. The second kappa shape index (κ2) is 8.05. The molecule has 3 heterocycles. The molecule has 3 nitrogen and oxygen atoms in total. The lowest BCUT2D eigenvalue weighted by Gasteiger charge is -2.26. The van der Waals surface area contributed by atoms with Crippen LogP contribution >= 0.6 is 0 Å². The molecular formula is C23H29N3. The van der Waals surface area contributed by atoms with E-state index in [0.717, 1.165) is 11.3 Å². The van der Waals surface area contributed by atoms with Crippen LogP contribution in [0.4, 0.5) is 0 Å². The van der Waals surface area contributed by atoms with Gasteiger partial charge in [0.15, 0.2) is 0 Å². The Kier molecular flexibility index (Phi) is 5.35. The molecule has 0 saturated carbocycles. The van der Waals surface area contributed by atoms with Crippen LogP contribution in [-0.4, -0.2) is 33.9 Å². The summed E-state index contributed by atoms with van der Waals surface area (Å²) in [7, 11) is 0. The fourth-order valence-corrected chi connectivity index (χ4v) is 3.91. The highest BCUT2D eigenvalue weighted by Crippen LogP contribution is 2.21. The first-order valence-electron chi connectivity index (χ1n) is 10.0. The molecule has 0 amide bonds. The Morgan fingerprint density at radius 3 is 2.58 bits per heavy atom. The molecule has 4 rings (SSSR count). The molecule has 0 N–H and O–H groups in total. The molecule has 0 spiro atoms. The smallest absolute Gasteiger partial charge is 0.137 e. The minimum atomic E-state index is 1.02. The third-order valence-electron chi connectivity index (χ3n) is 5.50. The molecule has 0 unspecified atom stereocenters. The first kappa shape index (κ1) is 17.3. The minimum absolute atomic E-state index is 1.02. The number of aryl methyl sites for hydroxylation is 2. The molecule has 1 saturated heterocycles. The predicted octanol–water partition coefficient (Wildman–Crippen LogP) is 5.12. The number of hydrogen-bond donors (Lipinski definition) is 0. The molecule has 2 aromatic heterocycles. The van der Waals surface area contributed by atoms with Gasteiger partial charge in [-0.3, -0.25) is 0 Å². The Bertz CT molecular complexity index is 842. The molecule has 0 atom stereocenters. The van der Waals surface area contributed by atoms with Crippen molar-refractivity contribution < 1.29 is 0 Å². The second-order valence-corrected chi connectivity index (χ2v) is 7.65. The van der Waals surface area contributed by atoms with Crippen LogP contribution < -0.4 is 0 Å². The van der Waals surface area contributed by atoms with Gasteiger partial charge in [0, 0.05) is 18.0 Å². The van der Waals surface area contributed by atoms with Crippen LogP contribution in [0.1, 0.15) is 43.2 Å². The Labute approximate surface area is 156 Å². The van der Waals surface area contributed by atoms with Gasteiger partial charge in [0.25, 0.3) is 0 Å². The average molecular weight is 348 g/mol. The zero-order valence-corrected chi connectivity index (χ0v) is 15.8. The van der Waals surface area contributed by atoms with Gasteiger partial charge in [0.1, 0.15) is 5.65 Å². The second-order valence-electron chi connectivity index (χ2n) is 7.65. The number of pyridine rings is 1. The zero-order chi connectivity index (χ0) is 17.8. The standard InChI is InChI=1S/C23H29N3/c1-19-12-16-26-18-22(24-23(26)17-19)21-10-8-20(9-11-21)7-3-6-15-25-13-4-2-5-14-25/h8-12,16-18H,2-7,13-15H2,1H3. The molecule has 0 radical (unpaired) electrons. The summed E-state index contributed by atoms with van der Waals surface area (Å²) in [5.41, 5.74) is 5.94. The van der Waals surface area contributed by atoms with Gasteiger partial charge in [0.2, 0.25) is 0 Å². The van der Waals surface area contributed by atoms with Crippen molar-refractivity contribution in [3.05, 3.63) is 59.9 Å². The van der Waals surface area contributed by atoms with E-state index in [4.69, 9.17) is 4.98 Å². The summed E-state index contributed by atoms with van der Waals surface area (Å²) in [5.74, 6) is 0. The normalized spacial score (nSPS) is 15.6. The summed E-state index contributed by atoms with van der Waals surface area (Å²) in [4.78, 5) is 7.39. The number of fused-ring (bicyclic) bond motifs is 1. The summed E-state index contributed by atoms with van der Waals surface area (Å²) in [6.07, 6.45) is 12.2. The molecule has 3 aromatic rings. The van der Waals surface area contributed by atoms with E-state index in [9.17, 15) is 0 Å². The van der Waals surface area contributed by atoms with E-state index < -0.39 is 0 Å². The van der Waals surface area contributed by atoms with Crippen LogP contribution in [0.3, 0.4) is 0 Å². The van der Waals surface area contributed by atoms with E-state index >= 15 is 0 Å². The number of unbranched alkanes of at least 4 members (excludes halogenated alkanes) is 1. The molecule has 0 aliphatic carbocycles. The highest BCUT2D eigenvalue weighted by atomic mass is 15.1. The molecule has 26 heavy (non-hydrogen) atoms. The molecule has 3 heteroatoms. The van der Waals surface area contributed by atoms with Crippen LogP contribution in [0.5, 0.6) is 0 Å². The lowest BCUT2D eigenvalue weighted by Crippen LogP contribution is -2.30. The average Bonchev–Trinajstić information content (AvgIpc) is 3.10. The van der Waals surface area contributed by atoms with Crippen molar-refractivity contribution in [2.24, 2.45) is 0 Å². The van der Waals surface area contributed by atoms with Crippen molar-refractivity contribution in [3.63, 3.8) is 0 Å². The SMILES string of the molecule is Cc1ccn2cc(-c3ccc(CCCCN4CCCCC4)cc3)nc2c1. The maximum atomic E-state index is 4.76. The van der Waals surface area contributed by atoms with Crippen LogP contribution in [0, 0.1) is 6.92 Å². The van der Waals surface area contributed by atoms with Gasteiger partial charge in [-0.25, -0.2) is 4.98 Å². The quantitative estimate of drug-likeness (QED) is 0.577. The van der Waals surface area contributed by atoms with Gasteiger partial charge in [0.05, 0.1) is 5.69 Å². The number of imidazole rings is 1. The highest BCUT2D eigenvalue weighted by Gasteiger charge is 2.09. The number of nitrogens with zero attached hydrogens (tertiary/aromatic N) is 3. The summed E-state index contributed by atoms with van der Waals surface area (Å²) < 4.78 is 2.09. The molecule has 1 aromatic carbocycles. The van der Waals surface area contributed by atoms with E-state index in [1.54, 1.807) is 0 Å². The van der Waals surface area contributed by atoms with E-state index in [1.807, 2.05) is 0 Å². The molecule has 136 valence electrons. The zero-order valence-electron chi connectivity index (χ0n) is 15.8. The van der Waals surface area contributed by atoms with Crippen LogP contribution in [0.25, 0.3) is 16.9 Å². The van der Waals surface area contributed by atoms with Crippen LogP contribution in [0.15, 0.2) is 48.8 Å². The van der Waals surface area contributed by atoms with Crippen LogP contribution in [0.2, 0.25) is 0 Å². The summed E-state index contributed by atoms with van der Waals surface area (Å²) in [6.45, 7) is 6.01. The molecule has 1 aliphatic rings. The van der Waals surface area contributed by atoms with Crippen molar-refractivity contribution in [2.75, 3.05) is 19.6 Å². The third-order valence-corrected chi connectivity index (χ3v) is 5.50. The van der Waals surface area contributed by atoms with E-state index in [-0.39, 0.29) is 0 Å². The third kappa shape index (κ3) is 4.16. The van der Waals surface area contributed by atoms with Crippen molar-refractivity contribution in [2.45, 2.75) is 45.4 Å². The Hall–Kier alpha value is -2.13. The van der Waals surface area contributed by atoms with Crippen molar-refractivity contribution >= 4 is 5.65 Å². The monoisotopic (exact) mass is 347 g/mol. The summed E-state index contributed by atoms with van der Waals surface area (Å²) in [5, 5.41) is 0. The van der Waals surface area contributed by atoms with Crippen molar-refractivity contribution in [1.82, 2.24) is 14.3 Å². The Morgan fingerprint density at radius 1 is 0.962 bits per heavy atom. The van der Waals surface area contributed by atoms with Gasteiger partial charge < -0.3 is 9.30 Å². The van der Waals surface area contributed by atoms with Crippen LogP contribution in [-0.2, 0) is 6.42 Å². The molecular weight excluding hydrogens is 318 g/mol. The predicted molar refractivity (Wildman–Crippen MR) is 109 cm³/mol. The number of hydrogen-bond acceptors (Lipinski definition) is 2. The fraction of sp³-hybridized carbons (Fsp3) is 0.435. The van der Waals surface area contributed by atoms with Gasteiger partial charge in [-0.05, 0) is 81.9 Å². The van der Waals surface area contributed by atoms with E-state index in [2.05, 4.69) is 65.0 Å². The number of likely N-dealkylation sites (tertiary alicyclic amines) is 1. The van der Waals surface area contributed by atoms with Gasteiger partial charge in [-0.1, -0.05) is 30.7 Å². The van der Waals surface area contributed by atoms with E-state index in [0.29, 0.717) is 0 Å². The summed E-state index contributed by atoms with van der Waals surface area (Å²) in [6, 6.07) is 13.2. The molecule has 1 aliphatic heterocycles. The topological polar surface area (TPSA) is 20.5 Å². The molecule has 1 fully saturated rings. The number of aromatic nitrogens is 2. The maximum absolute atomic E-state index is 4.76. The van der Waals surface area contributed by atoms with Gasteiger partial charge in [-0.15, -0.1) is 0 Å². The van der Waals surface area contributed by atoms with Gasteiger partial charge in [-0.2, -0.15) is 0 Å². The lowest BCUT2D eigenvalue weighted by atomic mass is 10.0. The Balaban J connectivity index is 1.32. The lowest BCUT2D eigenvalue weighted by molar-refractivity contribution is 0.225. The first-order chi connectivity index (χ1) is 12.8. The maximum Gasteiger partial charge on any atom is 0.137 e. The fourth-order valence-electron chi connectivity index (χ4n) is 3.91. The first-order valence-corrected chi connectivity index (χ1v) is 10.0. The van der Waals surface area contributed by atoms with E-state index in [1.165, 1.54) is 74.8 Å². The van der Waals surface area contributed by atoms with Gasteiger partial charge >= 0.3 is 0 Å². The van der Waals surface area contributed by atoms with Crippen molar-refractivity contribution in [3.8, 4) is 11.3 Å². The number of benzene rings is 1. The largest absolute Gasteiger partial charge is 0.306 e. The minimum Gasteiger partial charge on any atom is -0.306 e. The number of piperidine rings is 1. The summed E-state index contributed by atoms with van der Waals surface area (Å²) >= 11 is 0. The van der Waals surface area contributed by atoms with Crippen molar-refractivity contribution in [1.29, 1.82) is 0 Å². The Morgan fingerprint density at radius 2 is 1.77 bits per heavy atom.